The molecule has 0 aliphatic rings. The largest absolute Gasteiger partial charge is 0.269 e. The van der Waals surface area contributed by atoms with Crippen molar-refractivity contribution in [1.29, 1.82) is 0 Å². The van der Waals surface area contributed by atoms with E-state index in [1.54, 1.807) is 11.3 Å². The normalized spacial score (nSPS) is 11.6. The van der Waals surface area contributed by atoms with Gasteiger partial charge >= 0.3 is 0 Å². The van der Waals surface area contributed by atoms with Crippen molar-refractivity contribution in [2.45, 2.75) is 27.2 Å². The van der Waals surface area contributed by atoms with Gasteiger partial charge in [-0.1, -0.05) is 25.1 Å². The first-order chi connectivity index (χ1) is 10.7. The van der Waals surface area contributed by atoms with Crippen LogP contribution in [0.1, 0.15) is 23.9 Å². The van der Waals surface area contributed by atoms with Crippen LogP contribution in [0.3, 0.4) is 0 Å². The molecule has 0 aliphatic carbocycles. The lowest BCUT2D eigenvalue weighted by Crippen LogP contribution is -1.94. The van der Waals surface area contributed by atoms with E-state index >= 15 is 0 Å². The summed E-state index contributed by atoms with van der Waals surface area (Å²) in [6.45, 7) is 6.36. The summed E-state index contributed by atoms with van der Waals surface area (Å²) in [6.07, 6.45) is 2.68. The predicted octanol–water partition coefficient (Wildman–Crippen LogP) is 4.19. The van der Waals surface area contributed by atoms with E-state index in [4.69, 9.17) is 0 Å². The van der Waals surface area contributed by atoms with Crippen molar-refractivity contribution < 1.29 is 0 Å². The Hall–Kier alpha value is -2.27. The maximum absolute atomic E-state index is 4.58. The number of benzene rings is 1. The Morgan fingerprint density at radius 1 is 1.14 bits per heavy atom. The molecule has 0 N–H and O–H groups in total. The second-order valence-electron chi connectivity index (χ2n) is 5.54. The number of nitrogens with zero attached hydrogens (tertiary/aromatic N) is 4. The third-order valence-corrected chi connectivity index (χ3v) is 5.07. The van der Waals surface area contributed by atoms with Gasteiger partial charge in [0.15, 0.2) is 5.65 Å². The van der Waals surface area contributed by atoms with E-state index in [0.29, 0.717) is 0 Å². The Kier molecular flexibility index (Phi) is 2.97. The molecule has 3 heterocycles. The highest BCUT2D eigenvalue weighted by Crippen LogP contribution is 2.35. The summed E-state index contributed by atoms with van der Waals surface area (Å²) in [4.78, 5) is 5.59. The minimum atomic E-state index is 0.845. The summed E-state index contributed by atoms with van der Waals surface area (Å²) >= 11 is 1.66. The molecule has 5 heteroatoms. The van der Waals surface area contributed by atoms with Crippen LogP contribution in [0.4, 0.5) is 0 Å². The van der Waals surface area contributed by atoms with Gasteiger partial charge in [-0.2, -0.15) is 0 Å². The monoisotopic (exact) mass is 308 g/mol. The van der Waals surface area contributed by atoms with Crippen LogP contribution in [0.25, 0.3) is 27.0 Å². The van der Waals surface area contributed by atoms with Gasteiger partial charge in [0.25, 0.3) is 0 Å². The number of hydrogen-bond donors (Lipinski definition) is 0. The van der Waals surface area contributed by atoms with Crippen molar-refractivity contribution in [3.63, 3.8) is 0 Å². The van der Waals surface area contributed by atoms with Gasteiger partial charge in [-0.25, -0.2) is 4.98 Å². The molecule has 0 saturated heterocycles. The minimum absolute atomic E-state index is 0.845. The van der Waals surface area contributed by atoms with Crippen molar-refractivity contribution in [1.82, 2.24) is 19.6 Å². The predicted molar refractivity (Wildman–Crippen MR) is 90.5 cm³/mol. The maximum Gasteiger partial charge on any atom is 0.173 e. The van der Waals surface area contributed by atoms with Gasteiger partial charge in [0.05, 0.1) is 5.39 Å². The van der Waals surface area contributed by atoms with E-state index in [1.165, 1.54) is 22.3 Å². The lowest BCUT2D eigenvalue weighted by Gasteiger charge is -2.05. The summed E-state index contributed by atoms with van der Waals surface area (Å²) in [5, 5.41) is 12.0. The van der Waals surface area contributed by atoms with Crippen LogP contribution in [0, 0.1) is 13.8 Å². The molecular formula is C17H16N4S. The van der Waals surface area contributed by atoms with Crippen LogP contribution in [-0.4, -0.2) is 19.6 Å². The zero-order chi connectivity index (χ0) is 15.3. The molecule has 0 spiro atoms. The van der Waals surface area contributed by atoms with Crippen molar-refractivity contribution in [2.75, 3.05) is 0 Å². The molecule has 0 aliphatic heterocycles. The molecule has 4 aromatic rings. The van der Waals surface area contributed by atoms with Crippen LogP contribution < -0.4 is 0 Å². The fourth-order valence-corrected chi connectivity index (χ4v) is 3.66. The van der Waals surface area contributed by atoms with Crippen molar-refractivity contribution in [3.8, 4) is 11.1 Å². The van der Waals surface area contributed by atoms with E-state index in [1.807, 2.05) is 10.7 Å². The molecule has 22 heavy (non-hydrogen) atoms. The van der Waals surface area contributed by atoms with Gasteiger partial charge < -0.3 is 0 Å². The second kappa shape index (κ2) is 4.88. The zero-order valence-corrected chi connectivity index (χ0v) is 13.6. The van der Waals surface area contributed by atoms with Crippen LogP contribution in [-0.2, 0) is 6.42 Å². The number of hydrogen-bond acceptors (Lipinski definition) is 4. The Labute approximate surface area is 132 Å². The first-order valence-corrected chi connectivity index (χ1v) is 8.24. The molecule has 4 nitrogen and oxygen atoms in total. The number of aromatic nitrogens is 4. The highest BCUT2D eigenvalue weighted by Gasteiger charge is 2.15. The third kappa shape index (κ3) is 1.85. The first-order valence-electron chi connectivity index (χ1n) is 7.36. The van der Waals surface area contributed by atoms with Gasteiger partial charge in [0.2, 0.25) is 0 Å². The third-order valence-electron chi connectivity index (χ3n) is 4.19. The van der Waals surface area contributed by atoms with Gasteiger partial charge in [-0.3, -0.25) is 4.40 Å². The summed E-state index contributed by atoms with van der Waals surface area (Å²) in [6, 6.07) is 6.57. The number of fused-ring (bicyclic) bond motifs is 3. The lowest BCUT2D eigenvalue weighted by molar-refractivity contribution is 0.900. The van der Waals surface area contributed by atoms with Crippen LogP contribution in [0.15, 0.2) is 29.9 Å². The lowest BCUT2D eigenvalue weighted by atomic mass is 10.0. The molecule has 3 aromatic heterocycles. The van der Waals surface area contributed by atoms with Crippen LogP contribution >= 0.6 is 11.3 Å². The Bertz CT molecular complexity index is 997. The molecule has 0 bridgehead atoms. The van der Waals surface area contributed by atoms with E-state index in [0.717, 1.165) is 28.1 Å². The van der Waals surface area contributed by atoms with Crippen molar-refractivity contribution in [3.05, 3.63) is 46.9 Å². The smallest absolute Gasteiger partial charge is 0.173 e. The van der Waals surface area contributed by atoms with Gasteiger partial charge in [-0.15, -0.1) is 21.5 Å². The second-order valence-corrected chi connectivity index (χ2v) is 6.39. The van der Waals surface area contributed by atoms with Crippen LogP contribution in [0.5, 0.6) is 0 Å². The highest BCUT2D eigenvalue weighted by molar-refractivity contribution is 7.17. The standard InChI is InChI=1S/C17H16N4S/c1-4-14-19-20-16-15-13(8-22-17(15)18-9-21(14)16)12-6-5-10(2)11(3)7-12/h5-9H,4H2,1-3H3. The SMILES string of the molecule is CCc1nnc2c3c(-c4ccc(C)c(C)c4)csc3ncn12. The van der Waals surface area contributed by atoms with E-state index in [-0.39, 0.29) is 0 Å². The van der Waals surface area contributed by atoms with Crippen molar-refractivity contribution in [2.24, 2.45) is 0 Å². The fraction of sp³-hybridized carbons (Fsp3) is 0.235. The van der Waals surface area contributed by atoms with E-state index < -0.39 is 0 Å². The number of rotatable bonds is 2. The summed E-state index contributed by atoms with van der Waals surface area (Å²) < 4.78 is 2.00. The molecule has 1 aromatic carbocycles. The molecule has 0 amide bonds. The molecule has 0 unspecified atom stereocenters. The molecule has 0 atom stereocenters. The quantitative estimate of drug-likeness (QED) is 0.558. The van der Waals surface area contributed by atoms with Gasteiger partial charge in [0.1, 0.15) is 17.0 Å². The Morgan fingerprint density at radius 3 is 2.77 bits per heavy atom. The van der Waals surface area contributed by atoms with Crippen molar-refractivity contribution >= 4 is 27.2 Å². The summed E-state index contributed by atoms with van der Waals surface area (Å²) in [5.74, 6) is 0.946. The molecule has 0 saturated carbocycles. The Morgan fingerprint density at radius 2 is 2.00 bits per heavy atom. The first kappa shape index (κ1) is 13.4. The summed E-state index contributed by atoms with van der Waals surface area (Å²) in [5.41, 5.74) is 5.91. The average Bonchev–Trinajstić information content (AvgIpc) is 3.12. The van der Waals surface area contributed by atoms with E-state index in [9.17, 15) is 0 Å². The zero-order valence-electron chi connectivity index (χ0n) is 12.8. The number of thiophene rings is 1. The molecule has 4 rings (SSSR count). The number of aryl methyl sites for hydroxylation is 3. The average molecular weight is 308 g/mol. The molecule has 0 radical (unpaired) electrons. The fourth-order valence-electron chi connectivity index (χ4n) is 2.75. The summed E-state index contributed by atoms with van der Waals surface area (Å²) in [7, 11) is 0. The highest BCUT2D eigenvalue weighted by atomic mass is 32.1. The minimum Gasteiger partial charge on any atom is -0.269 e. The maximum atomic E-state index is 4.58. The molecular weight excluding hydrogens is 292 g/mol. The Balaban J connectivity index is 2.05. The molecule has 110 valence electrons. The van der Waals surface area contributed by atoms with Crippen LogP contribution in [0.2, 0.25) is 0 Å². The van der Waals surface area contributed by atoms with E-state index in [2.05, 4.69) is 59.5 Å². The molecule has 0 fully saturated rings. The van der Waals surface area contributed by atoms with Gasteiger partial charge in [-0.05, 0) is 30.5 Å². The van der Waals surface area contributed by atoms with Gasteiger partial charge in [0, 0.05) is 17.4 Å². The topological polar surface area (TPSA) is 43.1 Å².